The molecule has 110 valence electrons. The van der Waals surface area contributed by atoms with E-state index in [0.29, 0.717) is 11.8 Å². The molecule has 0 heterocycles. The number of hydrogen-bond donors (Lipinski definition) is 0. The Kier molecular flexibility index (Phi) is 3.73. The summed E-state index contributed by atoms with van der Waals surface area (Å²) >= 11 is 0. The van der Waals surface area contributed by atoms with E-state index in [9.17, 15) is 8.42 Å². The molecule has 4 rings (SSSR count). The Morgan fingerprint density at radius 2 is 1.58 bits per heavy atom. The minimum atomic E-state index is -3.27. The first kappa shape index (κ1) is 14.3. The Hall–Kier alpha value is 0.340. The molecule has 1 atom stereocenters. The third-order valence-corrected chi connectivity index (χ3v) is 9.16. The summed E-state index contributed by atoms with van der Waals surface area (Å²) in [7, 11) is -3.36. The second-order valence-corrected chi connectivity index (χ2v) is 11.5. The molecule has 0 aliphatic heterocycles. The molecule has 0 saturated heterocycles. The van der Waals surface area contributed by atoms with Crippen LogP contribution >= 0.6 is 7.92 Å². The molecule has 4 aliphatic carbocycles. The minimum Gasteiger partial charge on any atom is -0.270 e. The molecule has 3 nitrogen and oxygen atoms in total. The highest BCUT2D eigenvalue weighted by atomic mass is 32.2. The van der Waals surface area contributed by atoms with E-state index in [-0.39, 0.29) is 7.92 Å². The summed E-state index contributed by atoms with van der Waals surface area (Å²) in [4.78, 5) is 0. The van der Waals surface area contributed by atoms with Gasteiger partial charge in [-0.05, 0) is 74.3 Å². The fraction of sp³-hybridized carbons (Fsp3) is 1.00. The number of rotatable bonds is 5. The van der Waals surface area contributed by atoms with Crippen LogP contribution in [0.5, 0.6) is 0 Å². The van der Waals surface area contributed by atoms with Crippen LogP contribution in [0.1, 0.15) is 38.5 Å². The van der Waals surface area contributed by atoms with Crippen LogP contribution in [0, 0.1) is 17.8 Å². The fourth-order valence-electron chi connectivity index (χ4n) is 5.10. The van der Waals surface area contributed by atoms with Gasteiger partial charge in [0.05, 0.1) is 12.9 Å². The van der Waals surface area contributed by atoms with Crippen molar-refractivity contribution in [2.24, 2.45) is 17.8 Å². The van der Waals surface area contributed by atoms with Gasteiger partial charge in [-0.15, -0.1) is 7.92 Å². The lowest BCUT2D eigenvalue weighted by molar-refractivity contribution is 0.0356. The summed E-state index contributed by atoms with van der Waals surface area (Å²) in [6.45, 7) is 2.77. The van der Waals surface area contributed by atoms with E-state index >= 15 is 0 Å². The van der Waals surface area contributed by atoms with Crippen molar-refractivity contribution in [1.82, 2.24) is 0 Å². The maximum atomic E-state index is 11.0. The molecule has 0 radical (unpaired) electrons. The minimum absolute atomic E-state index is 0.0972. The maximum Gasteiger partial charge on any atom is 0.264 e. The van der Waals surface area contributed by atoms with Gasteiger partial charge in [0, 0.05) is 0 Å². The van der Waals surface area contributed by atoms with E-state index in [2.05, 4.69) is 6.66 Å². The Balaban J connectivity index is 1.61. The van der Waals surface area contributed by atoms with Gasteiger partial charge in [0.25, 0.3) is 10.1 Å². The Bertz CT molecular complexity index is 410. The first-order valence-corrected chi connectivity index (χ1v) is 11.2. The van der Waals surface area contributed by atoms with Crippen molar-refractivity contribution in [2.45, 2.75) is 43.7 Å². The third-order valence-electron chi connectivity index (χ3n) is 5.54. The topological polar surface area (TPSA) is 43.4 Å². The predicted molar refractivity (Wildman–Crippen MR) is 79.4 cm³/mol. The summed E-state index contributed by atoms with van der Waals surface area (Å²) in [6.07, 6.45) is 10.8. The van der Waals surface area contributed by atoms with Crippen molar-refractivity contribution >= 4 is 18.0 Å². The van der Waals surface area contributed by atoms with E-state index in [1.807, 2.05) is 0 Å². The number of hydrogen-bond acceptors (Lipinski definition) is 3. The van der Waals surface area contributed by atoms with Crippen molar-refractivity contribution in [2.75, 3.05) is 25.7 Å². The molecule has 19 heavy (non-hydrogen) atoms. The van der Waals surface area contributed by atoms with Crippen molar-refractivity contribution in [3.8, 4) is 0 Å². The molecule has 0 aromatic heterocycles. The van der Waals surface area contributed by atoms with E-state index in [1.165, 1.54) is 38.5 Å². The van der Waals surface area contributed by atoms with Crippen LogP contribution in [0.3, 0.4) is 0 Å². The third kappa shape index (κ3) is 3.01. The molecule has 4 saturated carbocycles. The zero-order valence-corrected chi connectivity index (χ0v) is 13.7. The molecular weight excluding hydrogens is 279 g/mol. The van der Waals surface area contributed by atoms with Gasteiger partial charge in [0.15, 0.2) is 0 Å². The van der Waals surface area contributed by atoms with Gasteiger partial charge in [-0.2, -0.15) is 8.42 Å². The lowest BCUT2D eigenvalue weighted by Gasteiger charge is -2.59. The van der Waals surface area contributed by atoms with Gasteiger partial charge in [0.1, 0.15) is 0 Å². The Morgan fingerprint density at radius 3 is 2.00 bits per heavy atom. The monoisotopic (exact) mass is 304 g/mol. The highest BCUT2D eigenvalue weighted by molar-refractivity contribution is 7.86. The molecule has 4 fully saturated rings. The fourth-order valence-corrected chi connectivity index (χ4v) is 8.15. The van der Waals surface area contributed by atoms with Crippen LogP contribution in [-0.2, 0) is 14.3 Å². The van der Waals surface area contributed by atoms with Gasteiger partial charge >= 0.3 is 0 Å². The SMILES string of the molecule is C[P@@](CCOS(C)(=O)=O)C12CC3CC(CC(C3)C1)C2. The zero-order chi connectivity index (χ0) is 13.7. The summed E-state index contributed by atoms with van der Waals surface area (Å²) < 4.78 is 27.0. The van der Waals surface area contributed by atoms with Crippen LogP contribution < -0.4 is 0 Å². The van der Waals surface area contributed by atoms with E-state index < -0.39 is 10.1 Å². The van der Waals surface area contributed by atoms with Crippen LogP contribution in [0.15, 0.2) is 0 Å². The van der Waals surface area contributed by atoms with Crippen LogP contribution in [0.25, 0.3) is 0 Å². The normalized spacial score (nSPS) is 42.5. The first-order chi connectivity index (χ1) is 8.86. The molecule has 0 aromatic carbocycles. The van der Waals surface area contributed by atoms with Gasteiger partial charge < -0.3 is 0 Å². The molecule has 0 aromatic rings. The average Bonchev–Trinajstić information content (AvgIpc) is 2.25. The summed E-state index contributed by atoms with van der Waals surface area (Å²) in [6, 6.07) is 0. The van der Waals surface area contributed by atoms with Crippen LogP contribution in [-0.4, -0.2) is 39.3 Å². The molecule has 0 amide bonds. The van der Waals surface area contributed by atoms with Crippen molar-refractivity contribution in [3.05, 3.63) is 0 Å². The van der Waals surface area contributed by atoms with Gasteiger partial charge in [-0.3, -0.25) is 4.18 Å². The van der Waals surface area contributed by atoms with Gasteiger partial charge in [0.2, 0.25) is 0 Å². The lowest BCUT2D eigenvalue weighted by Crippen LogP contribution is -2.49. The van der Waals surface area contributed by atoms with Gasteiger partial charge in [-0.25, -0.2) is 0 Å². The highest BCUT2D eigenvalue weighted by Crippen LogP contribution is 2.67. The van der Waals surface area contributed by atoms with Crippen LogP contribution in [0.4, 0.5) is 0 Å². The standard InChI is InChI=1S/C14H25O3PS/c1-18(4-3-17-19(2,15)16)14-8-11-5-12(9-14)7-13(6-11)10-14/h11-13H,3-10H2,1-2H3/t11?,12?,13?,14?,18-/m0/s1. The molecular formula is C14H25O3PS. The van der Waals surface area contributed by atoms with Crippen molar-refractivity contribution in [3.63, 3.8) is 0 Å². The molecule has 0 unspecified atom stereocenters. The molecule has 0 N–H and O–H groups in total. The second-order valence-electron chi connectivity index (χ2n) is 7.09. The summed E-state index contributed by atoms with van der Waals surface area (Å²) in [5.41, 5.74) is 0. The lowest BCUT2D eigenvalue weighted by atomic mass is 9.56. The molecule has 4 bridgehead atoms. The van der Waals surface area contributed by atoms with Crippen molar-refractivity contribution < 1.29 is 12.6 Å². The molecule has 4 aliphatic rings. The quantitative estimate of drug-likeness (QED) is 0.579. The largest absolute Gasteiger partial charge is 0.270 e. The second kappa shape index (κ2) is 4.96. The first-order valence-electron chi connectivity index (χ1n) is 7.42. The average molecular weight is 304 g/mol. The van der Waals surface area contributed by atoms with E-state index in [0.717, 1.165) is 30.2 Å². The summed E-state index contributed by atoms with van der Waals surface area (Å²) in [5, 5.41) is 0.574. The Labute approximate surface area is 118 Å². The smallest absolute Gasteiger partial charge is 0.264 e. The highest BCUT2D eigenvalue weighted by Gasteiger charge is 2.52. The maximum absolute atomic E-state index is 11.0. The Morgan fingerprint density at radius 1 is 1.11 bits per heavy atom. The van der Waals surface area contributed by atoms with Crippen molar-refractivity contribution in [1.29, 1.82) is 0 Å². The van der Waals surface area contributed by atoms with Crippen LogP contribution in [0.2, 0.25) is 0 Å². The van der Waals surface area contributed by atoms with E-state index in [1.54, 1.807) is 0 Å². The predicted octanol–water partition coefficient (Wildman–Crippen LogP) is 3.04. The van der Waals surface area contributed by atoms with Gasteiger partial charge in [-0.1, -0.05) is 0 Å². The summed E-state index contributed by atoms with van der Waals surface area (Å²) in [5.74, 6) is 2.94. The molecule has 5 heteroatoms. The zero-order valence-electron chi connectivity index (χ0n) is 12.0. The molecule has 0 spiro atoms. The van der Waals surface area contributed by atoms with E-state index in [4.69, 9.17) is 4.18 Å².